The lowest BCUT2D eigenvalue weighted by Gasteiger charge is -2.17. The first-order valence-electron chi connectivity index (χ1n) is 9.75. The van der Waals surface area contributed by atoms with E-state index >= 15 is 0 Å². The van der Waals surface area contributed by atoms with E-state index in [1.807, 2.05) is 12.1 Å². The zero-order chi connectivity index (χ0) is 21.3. The van der Waals surface area contributed by atoms with Crippen LogP contribution in [0, 0.1) is 0 Å². The monoisotopic (exact) mass is 409 g/mol. The van der Waals surface area contributed by atoms with Gasteiger partial charge in [0.15, 0.2) is 11.5 Å². The molecule has 2 N–H and O–H groups in total. The maximum Gasteiger partial charge on any atom is 0.329 e. The van der Waals surface area contributed by atoms with Gasteiger partial charge in [0, 0.05) is 0 Å². The fraction of sp³-hybridized carbons (Fsp3) is 0.318. The number of nitrogens with one attached hydrogen (secondary N) is 2. The maximum atomic E-state index is 12.7. The van der Waals surface area contributed by atoms with Gasteiger partial charge >= 0.3 is 6.03 Å². The van der Waals surface area contributed by atoms with Gasteiger partial charge in [0.05, 0.1) is 32.4 Å². The van der Waals surface area contributed by atoms with Crippen LogP contribution in [0.3, 0.4) is 0 Å². The average Bonchev–Trinajstić information content (AvgIpc) is 3.26. The number of hydrogen-bond acceptors (Lipinski definition) is 5. The van der Waals surface area contributed by atoms with E-state index in [2.05, 4.69) is 10.6 Å². The first-order valence-corrected chi connectivity index (χ1v) is 9.75. The third-order valence-corrected chi connectivity index (χ3v) is 5.48. The van der Waals surface area contributed by atoms with E-state index in [4.69, 9.17) is 9.47 Å². The summed E-state index contributed by atoms with van der Waals surface area (Å²) in [6.45, 7) is 0. The molecule has 1 fully saturated rings. The molecule has 0 aromatic heterocycles. The predicted octanol–water partition coefficient (Wildman–Crippen LogP) is 2.32. The highest BCUT2D eigenvalue weighted by atomic mass is 16.5. The number of ether oxygens (including phenoxy) is 2. The molecular formula is C22H23N3O5. The number of urea groups is 1. The maximum absolute atomic E-state index is 12.7. The molecule has 156 valence electrons. The highest BCUT2D eigenvalue weighted by molar-refractivity contribution is 6.22. The summed E-state index contributed by atoms with van der Waals surface area (Å²) in [4.78, 5) is 38.6. The second kappa shape index (κ2) is 8.06. The van der Waals surface area contributed by atoms with Crippen molar-refractivity contribution in [1.29, 1.82) is 0 Å². The molecule has 0 saturated carbocycles. The van der Waals surface area contributed by atoms with Gasteiger partial charge in [-0.2, -0.15) is 0 Å². The Kier molecular flexibility index (Phi) is 5.31. The van der Waals surface area contributed by atoms with Gasteiger partial charge in [0.25, 0.3) is 5.91 Å². The molecule has 2 aliphatic rings. The largest absolute Gasteiger partial charge is 0.493 e. The van der Waals surface area contributed by atoms with Crippen molar-refractivity contribution in [3.8, 4) is 11.5 Å². The number of anilines is 1. The van der Waals surface area contributed by atoms with Gasteiger partial charge in [0.2, 0.25) is 5.91 Å². The van der Waals surface area contributed by atoms with E-state index in [1.165, 1.54) is 0 Å². The number of amides is 4. The van der Waals surface area contributed by atoms with Crippen LogP contribution in [0.2, 0.25) is 0 Å². The van der Waals surface area contributed by atoms with Gasteiger partial charge in [-0.3, -0.25) is 9.59 Å². The van der Waals surface area contributed by atoms with Crippen molar-refractivity contribution in [1.82, 2.24) is 10.6 Å². The fourth-order valence-electron chi connectivity index (χ4n) is 4.01. The molecule has 0 bridgehead atoms. The lowest BCUT2D eigenvalue weighted by Crippen LogP contribution is -2.37. The lowest BCUT2D eigenvalue weighted by molar-refractivity contribution is -0.126. The second-order valence-electron chi connectivity index (χ2n) is 7.28. The first kappa shape index (κ1) is 19.8. The number of carbonyl (C=O) groups excluding carboxylic acids is 3. The van der Waals surface area contributed by atoms with Crippen LogP contribution in [0.1, 0.15) is 30.0 Å². The molecule has 4 amide bonds. The molecular weight excluding hydrogens is 386 g/mol. The molecule has 4 rings (SSSR count). The molecule has 1 aliphatic heterocycles. The summed E-state index contributed by atoms with van der Waals surface area (Å²) in [5, 5.41) is 5.58. The summed E-state index contributed by atoms with van der Waals surface area (Å²) in [7, 11) is 3.16. The van der Waals surface area contributed by atoms with Crippen molar-refractivity contribution >= 4 is 23.5 Å². The molecule has 1 saturated heterocycles. The Bertz CT molecular complexity index is 992. The van der Waals surface area contributed by atoms with Crippen LogP contribution in [0.5, 0.6) is 11.5 Å². The van der Waals surface area contributed by atoms with Crippen molar-refractivity contribution in [2.45, 2.75) is 31.3 Å². The second-order valence-corrected chi connectivity index (χ2v) is 7.28. The number of imide groups is 1. The van der Waals surface area contributed by atoms with Gasteiger partial charge in [-0.05, 0) is 48.2 Å². The van der Waals surface area contributed by atoms with Crippen LogP contribution < -0.4 is 25.0 Å². The third kappa shape index (κ3) is 3.56. The van der Waals surface area contributed by atoms with E-state index in [9.17, 15) is 14.4 Å². The molecule has 2 aromatic carbocycles. The quantitative estimate of drug-likeness (QED) is 0.714. The number of benzene rings is 2. The number of aryl methyl sites for hydroxylation is 1. The molecule has 0 spiro atoms. The molecule has 2 aromatic rings. The lowest BCUT2D eigenvalue weighted by atomic mass is 10.1. The number of fused-ring (bicyclic) bond motifs is 1. The SMILES string of the molecule is COc1cc2c(cc1OC)[C@@H](NC(=O)C[C@@H]1NC(=O)N(c3ccccc3)C1=O)CC2. The molecule has 8 heteroatoms. The molecule has 8 nitrogen and oxygen atoms in total. The summed E-state index contributed by atoms with van der Waals surface area (Å²) in [6, 6.07) is 10.9. The molecule has 2 atom stereocenters. The molecule has 1 aliphatic carbocycles. The molecule has 30 heavy (non-hydrogen) atoms. The molecule has 0 radical (unpaired) electrons. The highest BCUT2D eigenvalue weighted by Gasteiger charge is 2.40. The number of nitrogens with zero attached hydrogens (tertiary/aromatic N) is 1. The molecule has 1 heterocycles. The van der Waals surface area contributed by atoms with E-state index in [1.54, 1.807) is 44.6 Å². The number of rotatable bonds is 6. The fourth-order valence-corrected chi connectivity index (χ4v) is 4.01. The third-order valence-electron chi connectivity index (χ3n) is 5.48. The predicted molar refractivity (Wildman–Crippen MR) is 110 cm³/mol. The minimum absolute atomic E-state index is 0.118. The number of carbonyl (C=O) groups is 3. The summed E-state index contributed by atoms with van der Waals surface area (Å²) in [5.41, 5.74) is 2.56. The standard InChI is InChI=1S/C22H23N3O5/c1-29-18-10-13-8-9-16(15(13)11-19(18)30-2)23-20(26)12-17-21(27)25(22(28)24-17)14-6-4-3-5-7-14/h3-7,10-11,16-17H,8-9,12H2,1-2H3,(H,23,26)(H,24,28)/t16-,17-/m0/s1. The first-order chi connectivity index (χ1) is 14.5. The van der Waals surface area contributed by atoms with E-state index in [0.29, 0.717) is 17.2 Å². The van der Waals surface area contributed by atoms with Gasteiger partial charge < -0.3 is 20.1 Å². The van der Waals surface area contributed by atoms with Crippen molar-refractivity contribution in [2.24, 2.45) is 0 Å². The number of methoxy groups -OCH3 is 2. The van der Waals surface area contributed by atoms with Gasteiger partial charge in [-0.1, -0.05) is 18.2 Å². The Balaban J connectivity index is 1.43. The van der Waals surface area contributed by atoms with Crippen molar-refractivity contribution in [2.75, 3.05) is 19.1 Å². The van der Waals surface area contributed by atoms with Crippen LogP contribution in [0.25, 0.3) is 0 Å². The van der Waals surface area contributed by atoms with Gasteiger partial charge in [0.1, 0.15) is 6.04 Å². The smallest absolute Gasteiger partial charge is 0.329 e. The number of para-hydroxylation sites is 1. The van der Waals surface area contributed by atoms with Crippen LogP contribution in [0.15, 0.2) is 42.5 Å². The number of hydrogen-bond donors (Lipinski definition) is 2. The zero-order valence-corrected chi connectivity index (χ0v) is 16.8. The minimum atomic E-state index is -0.885. The van der Waals surface area contributed by atoms with Gasteiger partial charge in [-0.15, -0.1) is 0 Å². The highest BCUT2D eigenvalue weighted by Crippen LogP contribution is 2.39. The normalized spacial score (nSPS) is 20.0. The van der Waals surface area contributed by atoms with E-state index in [0.717, 1.165) is 28.9 Å². The van der Waals surface area contributed by atoms with Gasteiger partial charge in [-0.25, -0.2) is 9.69 Å². The Hall–Kier alpha value is -3.55. The van der Waals surface area contributed by atoms with Crippen LogP contribution in [-0.2, 0) is 16.0 Å². The van der Waals surface area contributed by atoms with E-state index in [-0.39, 0.29) is 18.4 Å². The van der Waals surface area contributed by atoms with Crippen LogP contribution in [0.4, 0.5) is 10.5 Å². The van der Waals surface area contributed by atoms with Crippen molar-refractivity contribution in [3.63, 3.8) is 0 Å². The zero-order valence-electron chi connectivity index (χ0n) is 16.8. The summed E-state index contributed by atoms with van der Waals surface area (Å²) in [6.07, 6.45) is 1.44. The Morgan fingerprint density at radius 1 is 1.13 bits per heavy atom. The average molecular weight is 409 g/mol. The Morgan fingerprint density at radius 2 is 1.83 bits per heavy atom. The van der Waals surface area contributed by atoms with E-state index < -0.39 is 18.0 Å². The van der Waals surface area contributed by atoms with Crippen LogP contribution >= 0.6 is 0 Å². The minimum Gasteiger partial charge on any atom is -0.493 e. The van der Waals surface area contributed by atoms with Crippen LogP contribution in [-0.4, -0.2) is 38.1 Å². The Labute approximate surface area is 174 Å². The summed E-state index contributed by atoms with van der Waals surface area (Å²) < 4.78 is 10.7. The Morgan fingerprint density at radius 3 is 2.53 bits per heavy atom. The van der Waals surface area contributed by atoms with Crippen molar-refractivity contribution < 1.29 is 23.9 Å². The van der Waals surface area contributed by atoms with Crippen molar-refractivity contribution in [3.05, 3.63) is 53.6 Å². The topological polar surface area (TPSA) is 97.0 Å². The summed E-state index contributed by atoms with van der Waals surface area (Å²) in [5.74, 6) is 0.536. The summed E-state index contributed by atoms with van der Waals surface area (Å²) >= 11 is 0. The molecule has 0 unspecified atom stereocenters.